The zero-order valence-electron chi connectivity index (χ0n) is 10.1. The molecule has 3 aromatic rings. The maximum absolute atomic E-state index is 9.49. The molecule has 0 fully saturated rings. The van der Waals surface area contributed by atoms with E-state index in [1.54, 1.807) is 24.4 Å². The van der Waals surface area contributed by atoms with Crippen LogP contribution in [0.4, 0.5) is 0 Å². The first-order valence-corrected chi connectivity index (χ1v) is 5.93. The van der Waals surface area contributed by atoms with Crippen LogP contribution in [0.1, 0.15) is 0 Å². The number of rotatable bonds is 2. The molecule has 2 aromatic heterocycles. The van der Waals surface area contributed by atoms with Gasteiger partial charge in [0.1, 0.15) is 0 Å². The summed E-state index contributed by atoms with van der Waals surface area (Å²) in [6.45, 7) is 0. The highest BCUT2D eigenvalue weighted by molar-refractivity contribution is 6.62. The van der Waals surface area contributed by atoms with Gasteiger partial charge in [-0.25, -0.2) is 9.97 Å². The first-order chi connectivity index (χ1) is 9.25. The Morgan fingerprint density at radius 2 is 1.74 bits per heavy atom. The number of nitrogens with zero attached hydrogens (tertiary/aromatic N) is 2. The van der Waals surface area contributed by atoms with Crippen LogP contribution < -0.4 is 5.46 Å². The summed E-state index contributed by atoms with van der Waals surface area (Å²) >= 11 is 0. The Kier molecular flexibility index (Phi) is 2.99. The lowest BCUT2D eigenvalue weighted by molar-refractivity contribution is 0.426. The Balaban J connectivity index is 2.28. The predicted molar refractivity (Wildman–Crippen MR) is 74.8 cm³/mol. The van der Waals surface area contributed by atoms with Crippen LogP contribution >= 0.6 is 0 Å². The third-order valence-electron chi connectivity index (χ3n) is 2.96. The second-order valence-corrected chi connectivity index (χ2v) is 4.21. The molecule has 4 nitrogen and oxygen atoms in total. The van der Waals surface area contributed by atoms with Crippen molar-refractivity contribution >= 4 is 23.6 Å². The van der Waals surface area contributed by atoms with E-state index in [1.807, 2.05) is 30.3 Å². The third-order valence-corrected chi connectivity index (χ3v) is 2.96. The van der Waals surface area contributed by atoms with Crippen LogP contribution in [0.15, 0.2) is 54.7 Å². The monoisotopic (exact) mass is 250 g/mol. The largest absolute Gasteiger partial charge is 0.489 e. The Morgan fingerprint density at radius 3 is 2.47 bits per heavy atom. The van der Waals surface area contributed by atoms with Gasteiger partial charge in [-0.2, -0.15) is 0 Å². The number of hydrogen-bond acceptors (Lipinski definition) is 4. The maximum atomic E-state index is 9.49. The molecule has 2 N–H and O–H groups in total. The van der Waals surface area contributed by atoms with Crippen LogP contribution in [0.25, 0.3) is 22.3 Å². The van der Waals surface area contributed by atoms with Gasteiger partial charge in [0.15, 0.2) is 5.65 Å². The van der Waals surface area contributed by atoms with Crippen LogP contribution in [0, 0.1) is 0 Å². The minimum atomic E-state index is -1.54. The molecule has 19 heavy (non-hydrogen) atoms. The van der Waals surface area contributed by atoms with Crippen LogP contribution in [0.5, 0.6) is 0 Å². The van der Waals surface area contributed by atoms with E-state index in [2.05, 4.69) is 9.97 Å². The van der Waals surface area contributed by atoms with Crippen molar-refractivity contribution in [3.8, 4) is 11.3 Å². The Labute approximate surface area is 110 Å². The highest BCUT2D eigenvalue weighted by atomic mass is 16.4. The van der Waals surface area contributed by atoms with E-state index < -0.39 is 7.12 Å². The van der Waals surface area contributed by atoms with Gasteiger partial charge in [0, 0.05) is 17.1 Å². The molecule has 3 rings (SSSR count). The zero-order valence-corrected chi connectivity index (χ0v) is 10.1. The summed E-state index contributed by atoms with van der Waals surface area (Å²) < 4.78 is 0. The van der Waals surface area contributed by atoms with Crippen molar-refractivity contribution in [2.45, 2.75) is 0 Å². The van der Waals surface area contributed by atoms with Gasteiger partial charge in [0.2, 0.25) is 0 Å². The molecule has 0 aliphatic rings. The molecule has 5 heteroatoms. The summed E-state index contributed by atoms with van der Waals surface area (Å²) in [5.41, 5.74) is 2.51. The maximum Gasteiger partial charge on any atom is 0.489 e. The van der Waals surface area contributed by atoms with E-state index >= 15 is 0 Å². The smallest absolute Gasteiger partial charge is 0.423 e. The summed E-state index contributed by atoms with van der Waals surface area (Å²) in [4.78, 5) is 8.63. The molecule has 0 saturated heterocycles. The summed E-state index contributed by atoms with van der Waals surface area (Å²) in [6, 6.07) is 14.8. The summed E-state index contributed by atoms with van der Waals surface area (Å²) in [5, 5.41) is 19.6. The van der Waals surface area contributed by atoms with Gasteiger partial charge >= 0.3 is 7.12 Å². The summed E-state index contributed by atoms with van der Waals surface area (Å²) in [7, 11) is -1.54. The van der Waals surface area contributed by atoms with E-state index in [-0.39, 0.29) is 0 Å². The summed E-state index contributed by atoms with van der Waals surface area (Å²) in [5.74, 6) is 0. The molecule has 0 aliphatic heterocycles. The predicted octanol–water partition coefficient (Wildman–Crippen LogP) is 0.977. The van der Waals surface area contributed by atoms with Gasteiger partial charge in [0.05, 0.1) is 5.69 Å². The molecule has 0 aliphatic carbocycles. The van der Waals surface area contributed by atoms with Gasteiger partial charge in [-0.15, -0.1) is 0 Å². The average Bonchev–Trinajstić information content (AvgIpc) is 2.47. The molecule has 0 amide bonds. The van der Waals surface area contributed by atoms with Crippen LogP contribution in [0.2, 0.25) is 0 Å². The Hall–Kier alpha value is -2.24. The number of pyridine rings is 2. The lowest BCUT2D eigenvalue weighted by Gasteiger charge is -2.08. The lowest BCUT2D eigenvalue weighted by Crippen LogP contribution is -2.31. The van der Waals surface area contributed by atoms with Gasteiger partial charge in [-0.05, 0) is 17.6 Å². The van der Waals surface area contributed by atoms with E-state index in [0.29, 0.717) is 22.2 Å². The molecule has 0 radical (unpaired) electrons. The topological polar surface area (TPSA) is 66.2 Å². The first-order valence-electron chi connectivity index (χ1n) is 5.93. The molecule has 0 unspecified atom stereocenters. The van der Waals surface area contributed by atoms with Crippen molar-refractivity contribution in [3.63, 3.8) is 0 Å². The molecule has 0 atom stereocenters. The van der Waals surface area contributed by atoms with E-state index in [4.69, 9.17) is 0 Å². The number of fused-ring (bicyclic) bond motifs is 1. The Morgan fingerprint density at radius 1 is 0.947 bits per heavy atom. The Bertz CT molecular complexity index is 717. The quantitative estimate of drug-likeness (QED) is 0.665. The molecular weight excluding hydrogens is 239 g/mol. The van der Waals surface area contributed by atoms with Crippen LogP contribution in [0.3, 0.4) is 0 Å². The van der Waals surface area contributed by atoms with E-state index in [1.165, 1.54) is 0 Å². The highest BCUT2D eigenvalue weighted by Crippen LogP contribution is 2.18. The van der Waals surface area contributed by atoms with Crippen molar-refractivity contribution in [2.24, 2.45) is 0 Å². The van der Waals surface area contributed by atoms with E-state index in [9.17, 15) is 10.0 Å². The third kappa shape index (κ3) is 2.21. The van der Waals surface area contributed by atoms with Crippen LogP contribution in [-0.4, -0.2) is 27.1 Å². The fourth-order valence-corrected chi connectivity index (χ4v) is 2.05. The van der Waals surface area contributed by atoms with Crippen molar-refractivity contribution in [3.05, 3.63) is 54.7 Å². The van der Waals surface area contributed by atoms with Gasteiger partial charge < -0.3 is 10.0 Å². The summed E-state index contributed by atoms with van der Waals surface area (Å²) in [6.07, 6.45) is 1.64. The number of benzene rings is 1. The zero-order chi connectivity index (χ0) is 13.2. The van der Waals surface area contributed by atoms with Crippen molar-refractivity contribution in [1.29, 1.82) is 0 Å². The molecule has 0 bridgehead atoms. The standard InChI is InChI=1S/C14H11BN2O2/c18-15(19)12-9-13(10-5-2-1-3-6-10)17-14-11(12)7-4-8-16-14/h1-9,18-19H. The highest BCUT2D eigenvalue weighted by Gasteiger charge is 2.17. The second-order valence-electron chi connectivity index (χ2n) is 4.21. The van der Waals surface area contributed by atoms with Gasteiger partial charge in [-0.1, -0.05) is 36.4 Å². The SMILES string of the molecule is OB(O)c1cc(-c2ccccc2)nc2ncccc12. The van der Waals surface area contributed by atoms with Gasteiger partial charge in [0.25, 0.3) is 0 Å². The van der Waals surface area contributed by atoms with Crippen molar-refractivity contribution in [1.82, 2.24) is 9.97 Å². The van der Waals surface area contributed by atoms with Crippen LogP contribution in [-0.2, 0) is 0 Å². The number of aromatic nitrogens is 2. The average molecular weight is 250 g/mol. The fourth-order valence-electron chi connectivity index (χ4n) is 2.05. The molecule has 2 heterocycles. The van der Waals surface area contributed by atoms with Gasteiger partial charge in [-0.3, -0.25) is 0 Å². The minimum Gasteiger partial charge on any atom is -0.423 e. The molecule has 0 spiro atoms. The minimum absolute atomic E-state index is 0.414. The van der Waals surface area contributed by atoms with E-state index in [0.717, 1.165) is 5.56 Å². The molecular formula is C14H11BN2O2. The second kappa shape index (κ2) is 4.80. The van der Waals surface area contributed by atoms with Crippen molar-refractivity contribution < 1.29 is 10.0 Å². The molecule has 1 aromatic carbocycles. The fraction of sp³-hybridized carbons (Fsp3) is 0. The lowest BCUT2D eigenvalue weighted by atomic mass is 9.78. The molecule has 0 saturated carbocycles. The number of hydrogen-bond donors (Lipinski definition) is 2. The molecule has 92 valence electrons. The van der Waals surface area contributed by atoms with Crippen molar-refractivity contribution in [2.75, 3.05) is 0 Å². The first kappa shape index (κ1) is 11.8. The normalized spacial score (nSPS) is 10.6.